The largest absolute Gasteiger partial charge is 0.493 e. The average molecular weight is 384 g/mol. The highest BCUT2D eigenvalue weighted by Gasteiger charge is 2.10. The summed E-state index contributed by atoms with van der Waals surface area (Å²) >= 11 is 0. The van der Waals surface area contributed by atoms with Gasteiger partial charge in [-0.3, -0.25) is 20.4 Å². The van der Waals surface area contributed by atoms with Gasteiger partial charge in [-0.15, -0.1) is 0 Å². The summed E-state index contributed by atoms with van der Waals surface area (Å²) < 4.78 is 11.2. The molecule has 2 N–H and O–H groups in total. The lowest BCUT2D eigenvalue weighted by Gasteiger charge is -2.11. The fourth-order valence-corrected chi connectivity index (χ4v) is 2.21. The van der Waals surface area contributed by atoms with E-state index in [1.165, 1.54) is 0 Å². The minimum atomic E-state index is -0.416. The second-order valence-corrected chi connectivity index (χ2v) is 7.37. The van der Waals surface area contributed by atoms with Crippen molar-refractivity contribution in [2.24, 2.45) is 11.8 Å². The number of hydrogen-bond donors (Lipinski definition) is 2. The van der Waals surface area contributed by atoms with Gasteiger partial charge < -0.3 is 9.47 Å². The normalized spacial score (nSPS) is 10.6. The lowest BCUT2D eigenvalue weighted by Crippen LogP contribution is -2.41. The number of benzene rings is 2. The number of hydrogen-bond acceptors (Lipinski definition) is 4. The molecule has 0 saturated heterocycles. The molecule has 0 saturated carbocycles. The molecule has 0 bridgehead atoms. The molecule has 0 spiro atoms. The third-order valence-corrected chi connectivity index (χ3v) is 3.67. The zero-order valence-electron chi connectivity index (χ0n) is 16.8. The molecule has 2 aromatic carbocycles. The van der Waals surface area contributed by atoms with Crippen LogP contribution in [0, 0.1) is 11.8 Å². The second kappa shape index (κ2) is 10.3. The number of rotatable bonds is 8. The van der Waals surface area contributed by atoms with Crippen molar-refractivity contribution in [1.29, 1.82) is 0 Å². The number of ether oxygens (including phenoxy) is 2. The lowest BCUT2D eigenvalue weighted by molar-refractivity contribution is 0.0846. The molecule has 2 rings (SSSR count). The van der Waals surface area contributed by atoms with Gasteiger partial charge in [0.1, 0.15) is 11.5 Å². The number of carbonyl (C=O) groups excluding carboxylic acids is 2. The highest BCUT2D eigenvalue weighted by molar-refractivity contribution is 5.99. The monoisotopic (exact) mass is 384 g/mol. The average Bonchev–Trinajstić information content (AvgIpc) is 2.69. The minimum Gasteiger partial charge on any atom is -0.493 e. The maximum Gasteiger partial charge on any atom is 0.269 e. The summed E-state index contributed by atoms with van der Waals surface area (Å²) in [6.45, 7) is 9.41. The summed E-state index contributed by atoms with van der Waals surface area (Å²) in [7, 11) is 0. The predicted molar refractivity (Wildman–Crippen MR) is 108 cm³/mol. The molecule has 6 heteroatoms. The zero-order valence-corrected chi connectivity index (χ0v) is 16.8. The van der Waals surface area contributed by atoms with Gasteiger partial charge in [-0.2, -0.15) is 0 Å². The summed E-state index contributed by atoms with van der Waals surface area (Å²) in [4.78, 5) is 24.5. The van der Waals surface area contributed by atoms with Crippen LogP contribution >= 0.6 is 0 Å². The molecule has 0 aromatic heterocycles. The summed E-state index contributed by atoms with van der Waals surface area (Å²) in [5.41, 5.74) is 5.66. The summed E-state index contributed by atoms with van der Waals surface area (Å²) in [5, 5.41) is 0. The standard InChI is InChI=1S/C22H28N2O4/c1-15(2)13-27-19-10-8-17(9-11-19)21(25)23-24-22(26)18-6-5-7-20(12-18)28-14-16(3)4/h5-12,15-16H,13-14H2,1-4H3,(H,23,25)(H,24,26). The Bertz CT molecular complexity index is 785. The molecular formula is C22H28N2O4. The Hall–Kier alpha value is -3.02. The first-order valence-corrected chi connectivity index (χ1v) is 9.41. The van der Waals surface area contributed by atoms with E-state index in [1.54, 1.807) is 48.5 Å². The van der Waals surface area contributed by atoms with Crippen LogP contribution in [-0.4, -0.2) is 25.0 Å². The molecule has 0 unspecified atom stereocenters. The fourth-order valence-electron chi connectivity index (χ4n) is 2.21. The summed E-state index contributed by atoms with van der Waals surface area (Å²) in [5.74, 6) is 1.31. The van der Waals surface area contributed by atoms with E-state index in [4.69, 9.17) is 9.47 Å². The number of amides is 2. The van der Waals surface area contributed by atoms with E-state index in [9.17, 15) is 9.59 Å². The molecule has 0 fully saturated rings. The van der Waals surface area contributed by atoms with Crippen LogP contribution in [0.25, 0.3) is 0 Å². The number of nitrogens with one attached hydrogen (secondary N) is 2. The van der Waals surface area contributed by atoms with Gasteiger partial charge >= 0.3 is 0 Å². The van der Waals surface area contributed by atoms with Crippen LogP contribution in [0.1, 0.15) is 48.4 Å². The minimum absolute atomic E-state index is 0.388. The van der Waals surface area contributed by atoms with Crippen molar-refractivity contribution in [3.63, 3.8) is 0 Å². The molecule has 28 heavy (non-hydrogen) atoms. The Morgan fingerprint density at radius 3 is 1.86 bits per heavy atom. The Kier molecular flexibility index (Phi) is 7.87. The van der Waals surface area contributed by atoms with Crippen LogP contribution in [0.4, 0.5) is 0 Å². The summed E-state index contributed by atoms with van der Waals surface area (Å²) in [6, 6.07) is 13.6. The molecule has 0 aliphatic heterocycles. The van der Waals surface area contributed by atoms with E-state index < -0.39 is 11.8 Å². The Balaban J connectivity index is 1.88. The van der Waals surface area contributed by atoms with E-state index in [0.29, 0.717) is 47.7 Å². The highest BCUT2D eigenvalue weighted by atomic mass is 16.5. The molecule has 2 aromatic rings. The SMILES string of the molecule is CC(C)COc1ccc(C(=O)NNC(=O)c2cccc(OCC(C)C)c2)cc1. The molecule has 0 atom stereocenters. The van der Waals surface area contributed by atoms with Gasteiger partial charge in [-0.05, 0) is 54.3 Å². The molecule has 6 nitrogen and oxygen atoms in total. The van der Waals surface area contributed by atoms with Crippen molar-refractivity contribution < 1.29 is 19.1 Å². The van der Waals surface area contributed by atoms with Crippen molar-refractivity contribution >= 4 is 11.8 Å². The Morgan fingerprint density at radius 1 is 0.750 bits per heavy atom. The van der Waals surface area contributed by atoms with E-state index >= 15 is 0 Å². The van der Waals surface area contributed by atoms with Crippen molar-refractivity contribution in [3.05, 3.63) is 59.7 Å². The maximum atomic E-state index is 12.3. The van der Waals surface area contributed by atoms with Crippen molar-refractivity contribution in [1.82, 2.24) is 10.9 Å². The van der Waals surface area contributed by atoms with E-state index in [2.05, 4.69) is 38.5 Å². The van der Waals surface area contributed by atoms with Gasteiger partial charge in [-0.1, -0.05) is 33.8 Å². The zero-order chi connectivity index (χ0) is 20.5. The first-order chi connectivity index (χ1) is 13.3. The van der Waals surface area contributed by atoms with Crippen LogP contribution in [0.15, 0.2) is 48.5 Å². The molecule has 0 aliphatic rings. The number of hydrazine groups is 1. The molecule has 150 valence electrons. The van der Waals surface area contributed by atoms with E-state index in [-0.39, 0.29) is 0 Å². The molecule has 0 heterocycles. The maximum absolute atomic E-state index is 12.3. The molecule has 0 aliphatic carbocycles. The molecule has 0 radical (unpaired) electrons. The van der Waals surface area contributed by atoms with Gasteiger partial charge in [0, 0.05) is 11.1 Å². The van der Waals surface area contributed by atoms with Crippen molar-refractivity contribution in [2.45, 2.75) is 27.7 Å². The third kappa shape index (κ3) is 6.95. The molecule has 2 amide bonds. The first-order valence-electron chi connectivity index (χ1n) is 9.41. The van der Waals surface area contributed by atoms with Gasteiger partial charge in [0.15, 0.2) is 0 Å². The highest BCUT2D eigenvalue weighted by Crippen LogP contribution is 2.15. The van der Waals surface area contributed by atoms with Crippen LogP contribution in [-0.2, 0) is 0 Å². The lowest BCUT2D eigenvalue weighted by atomic mass is 10.2. The van der Waals surface area contributed by atoms with E-state index in [0.717, 1.165) is 0 Å². The van der Waals surface area contributed by atoms with Crippen molar-refractivity contribution in [3.8, 4) is 11.5 Å². The van der Waals surface area contributed by atoms with Crippen LogP contribution in [0.5, 0.6) is 11.5 Å². The topological polar surface area (TPSA) is 76.7 Å². The molecular weight excluding hydrogens is 356 g/mol. The first kappa shape index (κ1) is 21.3. The fraction of sp³-hybridized carbons (Fsp3) is 0.364. The quantitative estimate of drug-likeness (QED) is 0.678. The van der Waals surface area contributed by atoms with Crippen LogP contribution in [0.2, 0.25) is 0 Å². The van der Waals surface area contributed by atoms with Gasteiger partial charge in [0.2, 0.25) is 0 Å². The summed E-state index contributed by atoms with van der Waals surface area (Å²) in [6.07, 6.45) is 0. The second-order valence-electron chi connectivity index (χ2n) is 7.37. The Morgan fingerprint density at radius 2 is 1.29 bits per heavy atom. The van der Waals surface area contributed by atoms with Crippen molar-refractivity contribution in [2.75, 3.05) is 13.2 Å². The van der Waals surface area contributed by atoms with Gasteiger partial charge in [0.05, 0.1) is 13.2 Å². The van der Waals surface area contributed by atoms with Gasteiger partial charge in [0.25, 0.3) is 11.8 Å². The third-order valence-electron chi connectivity index (χ3n) is 3.67. The van der Waals surface area contributed by atoms with Crippen LogP contribution in [0.3, 0.4) is 0 Å². The smallest absolute Gasteiger partial charge is 0.269 e. The number of carbonyl (C=O) groups is 2. The predicted octanol–water partition coefficient (Wildman–Crippen LogP) is 3.83. The van der Waals surface area contributed by atoms with E-state index in [1.807, 2.05) is 0 Å². The van der Waals surface area contributed by atoms with Crippen LogP contribution < -0.4 is 20.3 Å². The Labute approximate surface area is 166 Å². The van der Waals surface area contributed by atoms with Gasteiger partial charge in [-0.25, -0.2) is 0 Å².